The van der Waals surface area contributed by atoms with E-state index in [9.17, 15) is 4.39 Å². The van der Waals surface area contributed by atoms with E-state index < -0.39 is 5.82 Å². The monoisotopic (exact) mass is 276 g/mol. The standard InChI is InChI=1S/C14H10ClFN2O/c1-8-5-14(11(7-17)9(2)18-8)19-10-3-4-13(16)12(15)6-10/h3-6H,1-2H3. The number of hydrogen-bond donors (Lipinski definition) is 0. The molecule has 0 radical (unpaired) electrons. The molecule has 96 valence electrons. The predicted molar refractivity (Wildman–Crippen MR) is 69.9 cm³/mol. The Kier molecular flexibility index (Phi) is 3.68. The number of nitriles is 1. The maximum atomic E-state index is 13.1. The molecule has 0 fully saturated rings. The zero-order valence-electron chi connectivity index (χ0n) is 10.4. The van der Waals surface area contributed by atoms with Crippen LogP contribution in [0, 0.1) is 31.0 Å². The van der Waals surface area contributed by atoms with Gasteiger partial charge in [0, 0.05) is 17.8 Å². The fourth-order valence-electron chi connectivity index (χ4n) is 1.68. The van der Waals surface area contributed by atoms with E-state index in [-0.39, 0.29) is 5.02 Å². The normalized spacial score (nSPS) is 10.1. The molecule has 0 N–H and O–H groups in total. The zero-order valence-corrected chi connectivity index (χ0v) is 11.1. The molecule has 0 aliphatic carbocycles. The van der Waals surface area contributed by atoms with Crippen LogP contribution in [-0.2, 0) is 0 Å². The molecule has 2 aromatic rings. The van der Waals surface area contributed by atoms with Crippen LogP contribution < -0.4 is 4.74 Å². The maximum absolute atomic E-state index is 13.1. The van der Waals surface area contributed by atoms with Crippen molar-refractivity contribution in [1.29, 1.82) is 5.26 Å². The van der Waals surface area contributed by atoms with Crippen LogP contribution in [-0.4, -0.2) is 4.98 Å². The van der Waals surface area contributed by atoms with Gasteiger partial charge in [0.25, 0.3) is 0 Å². The third kappa shape index (κ3) is 2.83. The Balaban J connectivity index is 2.43. The highest BCUT2D eigenvalue weighted by Crippen LogP contribution is 2.29. The predicted octanol–water partition coefficient (Wildman–Crippen LogP) is 4.15. The summed E-state index contributed by atoms with van der Waals surface area (Å²) < 4.78 is 18.6. The second-order valence-electron chi connectivity index (χ2n) is 4.01. The second kappa shape index (κ2) is 5.25. The molecule has 2 rings (SSSR count). The average Bonchev–Trinajstić information content (AvgIpc) is 2.33. The van der Waals surface area contributed by atoms with Gasteiger partial charge in [0.1, 0.15) is 28.9 Å². The molecular weight excluding hydrogens is 267 g/mol. The highest BCUT2D eigenvalue weighted by Gasteiger charge is 2.11. The van der Waals surface area contributed by atoms with Gasteiger partial charge in [-0.3, -0.25) is 4.98 Å². The van der Waals surface area contributed by atoms with Crippen LogP contribution in [0.1, 0.15) is 17.0 Å². The molecule has 0 aliphatic heterocycles. The third-order valence-corrected chi connectivity index (χ3v) is 2.81. The maximum Gasteiger partial charge on any atom is 0.148 e. The minimum atomic E-state index is -0.517. The van der Waals surface area contributed by atoms with Crippen molar-refractivity contribution in [3.8, 4) is 17.6 Å². The van der Waals surface area contributed by atoms with Gasteiger partial charge in [-0.15, -0.1) is 0 Å². The minimum Gasteiger partial charge on any atom is -0.456 e. The number of ether oxygens (including phenoxy) is 1. The van der Waals surface area contributed by atoms with E-state index >= 15 is 0 Å². The molecule has 0 amide bonds. The number of halogens is 2. The summed E-state index contributed by atoms with van der Waals surface area (Å²) in [6.07, 6.45) is 0. The lowest BCUT2D eigenvalue weighted by atomic mass is 10.2. The number of nitrogens with zero attached hydrogens (tertiary/aromatic N) is 2. The van der Waals surface area contributed by atoms with E-state index in [2.05, 4.69) is 4.98 Å². The number of aryl methyl sites for hydroxylation is 2. The van der Waals surface area contributed by atoms with Crippen molar-refractivity contribution < 1.29 is 9.13 Å². The number of pyridine rings is 1. The summed E-state index contributed by atoms with van der Waals surface area (Å²) in [7, 11) is 0. The summed E-state index contributed by atoms with van der Waals surface area (Å²) in [6, 6.07) is 7.73. The first-order valence-corrected chi connectivity index (χ1v) is 5.90. The summed E-state index contributed by atoms with van der Waals surface area (Å²) in [5.74, 6) is 0.236. The number of rotatable bonds is 2. The van der Waals surface area contributed by atoms with Crippen molar-refractivity contribution in [2.45, 2.75) is 13.8 Å². The Bertz CT molecular complexity index is 680. The van der Waals surface area contributed by atoms with Crippen molar-refractivity contribution >= 4 is 11.6 Å². The topological polar surface area (TPSA) is 45.9 Å². The summed E-state index contributed by atoms with van der Waals surface area (Å²) >= 11 is 5.68. The van der Waals surface area contributed by atoms with Gasteiger partial charge in [0.15, 0.2) is 0 Å². The van der Waals surface area contributed by atoms with Crippen molar-refractivity contribution in [1.82, 2.24) is 4.98 Å². The van der Waals surface area contributed by atoms with E-state index in [1.54, 1.807) is 19.9 Å². The summed E-state index contributed by atoms with van der Waals surface area (Å²) in [5.41, 5.74) is 1.68. The number of benzene rings is 1. The van der Waals surface area contributed by atoms with Gasteiger partial charge in [-0.1, -0.05) is 11.6 Å². The highest BCUT2D eigenvalue weighted by atomic mass is 35.5. The van der Waals surface area contributed by atoms with Crippen molar-refractivity contribution in [2.75, 3.05) is 0 Å². The SMILES string of the molecule is Cc1cc(Oc2ccc(F)c(Cl)c2)c(C#N)c(C)n1. The first-order chi connectivity index (χ1) is 9.01. The van der Waals surface area contributed by atoms with Gasteiger partial charge in [0.2, 0.25) is 0 Å². The Morgan fingerprint density at radius 3 is 2.68 bits per heavy atom. The average molecular weight is 277 g/mol. The summed E-state index contributed by atoms with van der Waals surface area (Å²) in [6.45, 7) is 3.54. The number of aromatic nitrogens is 1. The van der Waals surface area contributed by atoms with Crippen LogP contribution in [0.15, 0.2) is 24.3 Å². The first-order valence-electron chi connectivity index (χ1n) is 5.52. The smallest absolute Gasteiger partial charge is 0.148 e. The van der Waals surface area contributed by atoms with E-state index in [0.717, 1.165) is 5.69 Å². The second-order valence-corrected chi connectivity index (χ2v) is 4.42. The summed E-state index contributed by atoms with van der Waals surface area (Å²) in [5, 5.41) is 9.08. The van der Waals surface area contributed by atoms with Crippen LogP contribution >= 0.6 is 11.6 Å². The largest absolute Gasteiger partial charge is 0.456 e. The molecule has 0 saturated heterocycles. The fraction of sp³-hybridized carbons (Fsp3) is 0.143. The lowest BCUT2D eigenvalue weighted by molar-refractivity contribution is 0.477. The zero-order chi connectivity index (χ0) is 14.0. The Labute approximate surface area is 115 Å². The lowest BCUT2D eigenvalue weighted by Gasteiger charge is -2.10. The van der Waals surface area contributed by atoms with Gasteiger partial charge in [-0.2, -0.15) is 5.26 Å². The van der Waals surface area contributed by atoms with Crippen LogP contribution in [0.25, 0.3) is 0 Å². The molecular formula is C14H10ClFN2O. The van der Waals surface area contributed by atoms with Crippen molar-refractivity contribution in [3.63, 3.8) is 0 Å². The van der Waals surface area contributed by atoms with E-state index in [4.69, 9.17) is 21.6 Å². The summed E-state index contributed by atoms with van der Waals surface area (Å²) in [4.78, 5) is 4.19. The molecule has 1 aromatic heterocycles. The third-order valence-electron chi connectivity index (χ3n) is 2.52. The van der Waals surface area contributed by atoms with Crippen LogP contribution in [0.2, 0.25) is 5.02 Å². The van der Waals surface area contributed by atoms with Gasteiger partial charge in [-0.25, -0.2) is 4.39 Å². The first kappa shape index (κ1) is 13.3. The van der Waals surface area contributed by atoms with Gasteiger partial charge in [-0.05, 0) is 26.0 Å². The van der Waals surface area contributed by atoms with E-state index in [1.165, 1.54) is 18.2 Å². The van der Waals surface area contributed by atoms with Crippen LogP contribution in [0.3, 0.4) is 0 Å². The molecule has 3 nitrogen and oxygen atoms in total. The van der Waals surface area contributed by atoms with E-state index in [1.807, 2.05) is 6.07 Å². The molecule has 1 aromatic carbocycles. The van der Waals surface area contributed by atoms with Crippen molar-refractivity contribution in [3.05, 3.63) is 52.1 Å². The number of hydrogen-bond acceptors (Lipinski definition) is 3. The molecule has 0 saturated carbocycles. The molecule has 19 heavy (non-hydrogen) atoms. The molecule has 1 heterocycles. The van der Waals surface area contributed by atoms with Crippen molar-refractivity contribution in [2.24, 2.45) is 0 Å². The van der Waals surface area contributed by atoms with Gasteiger partial charge >= 0.3 is 0 Å². The Hall–Kier alpha value is -2.12. The molecule has 0 aliphatic rings. The van der Waals surface area contributed by atoms with Crippen LogP contribution in [0.5, 0.6) is 11.5 Å². The quantitative estimate of drug-likeness (QED) is 0.827. The lowest BCUT2D eigenvalue weighted by Crippen LogP contribution is -1.96. The molecule has 0 atom stereocenters. The minimum absolute atomic E-state index is 0.0292. The van der Waals surface area contributed by atoms with Gasteiger partial charge in [0.05, 0.1) is 10.7 Å². The molecule has 0 unspecified atom stereocenters. The fourth-order valence-corrected chi connectivity index (χ4v) is 1.85. The molecule has 0 bridgehead atoms. The Morgan fingerprint density at radius 1 is 1.32 bits per heavy atom. The Morgan fingerprint density at radius 2 is 2.05 bits per heavy atom. The van der Waals surface area contributed by atoms with Gasteiger partial charge < -0.3 is 4.74 Å². The molecule has 5 heteroatoms. The molecule has 0 spiro atoms. The highest BCUT2D eigenvalue weighted by molar-refractivity contribution is 6.30. The van der Waals surface area contributed by atoms with E-state index in [0.29, 0.717) is 22.8 Å². The van der Waals surface area contributed by atoms with Crippen LogP contribution in [0.4, 0.5) is 4.39 Å².